The standard InChI is InChI=1S/C31H36N4O3/c1-6-25-18-35(16-23-9-7-8-20(3)31(23)38-25)17-24-14-22(11-10-19(24)2)27(15-29(36)37)26-12-13-28-30(21(26)4)32-33-34(28)5/h7-14,25,27H,6,15-18H2,1-5H3,(H,36,37)/t25-,27-/m1/s1. The van der Waals surface area contributed by atoms with Gasteiger partial charge in [0.05, 0.1) is 11.9 Å². The number of carbonyl (C=O) groups is 1. The second kappa shape index (κ2) is 10.6. The van der Waals surface area contributed by atoms with Crippen molar-refractivity contribution in [1.82, 2.24) is 19.9 Å². The molecule has 38 heavy (non-hydrogen) atoms. The van der Waals surface area contributed by atoms with Gasteiger partial charge in [-0.15, -0.1) is 5.10 Å². The fraction of sp³-hybridized carbons (Fsp3) is 0.387. The van der Waals surface area contributed by atoms with Gasteiger partial charge in [0.25, 0.3) is 0 Å². The Hall–Kier alpha value is -3.71. The molecule has 0 fully saturated rings. The molecule has 0 spiro atoms. The average Bonchev–Trinajstić information content (AvgIpc) is 3.16. The van der Waals surface area contributed by atoms with E-state index in [1.54, 1.807) is 4.68 Å². The van der Waals surface area contributed by atoms with E-state index in [0.29, 0.717) is 0 Å². The van der Waals surface area contributed by atoms with Crippen molar-refractivity contribution in [3.8, 4) is 5.75 Å². The molecule has 4 aromatic rings. The number of hydrogen-bond acceptors (Lipinski definition) is 5. The van der Waals surface area contributed by atoms with Crippen LogP contribution in [0.2, 0.25) is 0 Å². The Morgan fingerprint density at radius 1 is 1.13 bits per heavy atom. The number of carboxylic acids is 1. The smallest absolute Gasteiger partial charge is 0.304 e. The number of para-hydroxylation sites is 1. The van der Waals surface area contributed by atoms with Crippen molar-refractivity contribution in [2.24, 2.45) is 7.05 Å². The summed E-state index contributed by atoms with van der Waals surface area (Å²) in [5.41, 5.74) is 9.52. The number of carboxylic acid groups (broad SMARTS) is 1. The quantitative estimate of drug-likeness (QED) is 0.344. The van der Waals surface area contributed by atoms with Crippen molar-refractivity contribution in [1.29, 1.82) is 0 Å². The van der Waals surface area contributed by atoms with Crippen LogP contribution in [0.4, 0.5) is 0 Å². The zero-order valence-electron chi connectivity index (χ0n) is 22.9. The molecule has 2 atom stereocenters. The minimum atomic E-state index is -0.821. The van der Waals surface area contributed by atoms with Gasteiger partial charge in [-0.25, -0.2) is 4.68 Å². The van der Waals surface area contributed by atoms with Gasteiger partial charge in [-0.2, -0.15) is 0 Å². The second-order valence-corrected chi connectivity index (χ2v) is 10.6. The maximum atomic E-state index is 12.0. The molecule has 0 saturated heterocycles. The molecule has 1 aromatic heterocycles. The minimum absolute atomic E-state index is 0.0111. The van der Waals surface area contributed by atoms with E-state index in [2.05, 4.69) is 72.4 Å². The van der Waals surface area contributed by atoms with Gasteiger partial charge in [0.1, 0.15) is 17.4 Å². The van der Waals surface area contributed by atoms with E-state index in [1.165, 1.54) is 22.3 Å². The van der Waals surface area contributed by atoms with Crippen molar-refractivity contribution < 1.29 is 14.6 Å². The van der Waals surface area contributed by atoms with E-state index >= 15 is 0 Å². The van der Waals surface area contributed by atoms with Crippen LogP contribution in [0.15, 0.2) is 48.5 Å². The second-order valence-electron chi connectivity index (χ2n) is 10.6. The summed E-state index contributed by atoms with van der Waals surface area (Å²) in [5.74, 6) is -0.0839. The first-order valence-corrected chi connectivity index (χ1v) is 13.3. The van der Waals surface area contributed by atoms with Crippen molar-refractivity contribution in [3.05, 3.63) is 87.5 Å². The third-order valence-electron chi connectivity index (χ3n) is 7.89. The number of rotatable bonds is 7. The Balaban J connectivity index is 1.50. The van der Waals surface area contributed by atoms with Crippen LogP contribution in [0.1, 0.15) is 64.6 Å². The molecule has 5 rings (SSSR count). The van der Waals surface area contributed by atoms with Crippen LogP contribution in [0.3, 0.4) is 0 Å². The van der Waals surface area contributed by atoms with E-state index in [9.17, 15) is 9.90 Å². The number of fused-ring (bicyclic) bond motifs is 2. The molecule has 0 radical (unpaired) electrons. The Bertz CT molecular complexity index is 1490. The fourth-order valence-electron chi connectivity index (χ4n) is 5.66. The van der Waals surface area contributed by atoms with Gasteiger partial charge in [0.2, 0.25) is 0 Å². The minimum Gasteiger partial charge on any atom is -0.488 e. The molecule has 1 aliphatic heterocycles. The molecule has 7 heteroatoms. The highest BCUT2D eigenvalue weighted by Gasteiger charge is 2.25. The molecule has 0 amide bonds. The Kier molecular flexibility index (Phi) is 7.21. The summed E-state index contributed by atoms with van der Waals surface area (Å²) in [6.45, 7) is 10.9. The van der Waals surface area contributed by atoms with E-state index < -0.39 is 5.97 Å². The molecule has 198 valence electrons. The van der Waals surface area contributed by atoms with Crippen LogP contribution in [0.25, 0.3) is 11.0 Å². The van der Waals surface area contributed by atoms with Gasteiger partial charge < -0.3 is 9.84 Å². The highest BCUT2D eigenvalue weighted by molar-refractivity contribution is 5.80. The lowest BCUT2D eigenvalue weighted by Crippen LogP contribution is -2.32. The average molecular weight is 513 g/mol. The molecule has 0 aliphatic carbocycles. The van der Waals surface area contributed by atoms with Gasteiger partial charge in [0.15, 0.2) is 0 Å². The van der Waals surface area contributed by atoms with Gasteiger partial charge in [0, 0.05) is 38.2 Å². The maximum Gasteiger partial charge on any atom is 0.304 e. The van der Waals surface area contributed by atoms with Crippen molar-refractivity contribution in [2.75, 3.05) is 6.54 Å². The van der Waals surface area contributed by atoms with Crippen molar-refractivity contribution in [2.45, 2.75) is 65.6 Å². The molecule has 0 unspecified atom stereocenters. The van der Waals surface area contributed by atoms with Crippen LogP contribution in [-0.2, 0) is 24.9 Å². The van der Waals surface area contributed by atoms with E-state index in [4.69, 9.17) is 4.74 Å². The van der Waals surface area contributed by atoms with E-state index in [0.717, 1.165) is 59.5 Å². The Morgan fingerprint density at radius 2 is 1.95 bits per heavy atom. The third kappa shape index (κ3) is 5.03. The predicted molar refractivity (Wildman–Crippen MR) is 149 cm³/mol. The Labute approximate surface area is 224 Å². The molecular formula is C31H36N4O3. The van der Waals surface area contributed by atoms with Crippen LogP contribution in [0, 0.1) is 20.8 Å². The lowest BCUT2D eigenvalue weighted by Gasteiger charge is -2.25. The SMILES string of the molecule is CC[C@@H]1CN(Cc2cc([C@@H](CC(=O)O)c3ccc4c(nnn4C)c3C)ccc2C)Cc2cccc(C)c2O1. The number of ether oxygens (including phenoxy) is 1. The van der Waals surface area contributed by atoms with Crippen molar-refractivity contribution >= 4 is 17.0 Å². The first-order valence-electron chi connectivity index (χ1n) is 13.3. The van der Waals surface area contributed by atoms with Crippen LogP contribution >= 0.6 is 0 Å². The lowest BCUT2D eigenvalue weighted by molar-refractivity contribution is -0.137. The summed E-state index contributed by atoms with van der Waals surface area (Å²) in [6, 6.07) is 16.8. The monoisotopic (exact) mass is 512 g/mol. The van der Waals surface area contributed by atoms with Crippen molar-refractivity contribution in [3.63, 3.8) is 0 Å². The highest BCUT2D eigenvalue weighted by atomic mass is 16.5. The van der Waals surface area contributed by atoms with Crippen LogP contribution < -0.4 is 4.74 Å². The van der Waals surface area contributed by atoms with E-state index in [-0.39, 0.29) is 18.4 Å². The first-order chi connectivity index (χ1) is 18.2. The molecule has 0 bridgehead atoms. The molecule has 0 saturated carbocycles. The van der Waals surface area contributed by atoms with Gasteiger partial charge in [-0.1, -0.05) is 54.6 Å². The summed E-state index contributed by atoms with van der Waals surface area (Å²) in [6.07, 6.45) is 1.08. The summed E-state index contributed by atoms with van der Waals surface area (Å²) in [5, 5.41) is 18.3. The van der Waals surface area contributed by atoms with E-state index in [1.807, 2.05) is 26.1 Å². The lowest BCUT2D eigenvalue weighted by atomic mass is 9.84. The molecular weight excluding hydrogens is 476 g/mol. The zero-order chi connectivity index (χ0) is 27.0. The molecule has 1 aliphatic rings. The summed E-state index contributed by atoms with van der Waals surface area (Å²) < 4.78 is 8.18. The molecule has 1 N–H and O–H groups in total. The normalized spacial score (nSPS) is 16.6. The van der Waals surface area contributed by atoms with Gasteiger partial charge >= 0.3 is 5.97 Å². The summed E-state index contributed by atoms with van der Waals surface area (Å²) in [4.78, 5) is 14.5. The fourth-order valence-corrected chi connectivity index (χ4v) is 5.66. The Morgan fingerprint density at radius 3 is 2.71 bits per heavy atom. The summed E-state index contributed by atoms with van der Waals surface area (Å²) >= 11 is 0. The molecule has 7 nitrogen and oxygen atoms in total. The van der Waals surface area contributed by atoms with Crippen LogP contribution in [0.5, 0.6) is 5.75 Å². The number of benzene rings is 3. The third-order valence-corrected chi connectivity index (χ3v) is 7.89. The highest BCUT2D eigenvalue weighted by Crippen LogP contribution is 2.35. The predicted octanol–water partition coefficient (Wildman–Crippen LogP) is 5.67. The van der Waals surface area contributed by atoms with Crippen LogP contribution in [-0.4, -0.2) is 43.6 Å². The van der Waals surface area contributed by atoms with Gasteiger partial charge in [-0.05, 0) is 66.6 Å². The number of aryl methyl sites for hydroxylation is 4. The molecule has 2 heterocycles. The largest absolute Gasteiger partial charge is 0.488 e. The zero-order valence-corrected chi connectivity index (χ0v) is 22.9. The number of aromatic nitrogens is 3. The maximum absolute atomic E-state index is 12.0. The number of aliphatic carboxylic acids is 1. The number of nitrogens with zero attached hydrogens (tertiary/aromatic N) is 4. The topological polar surface area (TPSA) is 80.5 Å². The first kappa shape index (κ1) is 25.9. The molecule has 3 aromatic carbocycles. The summed E-state index contributed by atoms with van der Waals surface area (Å²) in [7, 11) is 1.87. The van der Waals surface area contributed by atoms with Gasteiger partial charge in [-0.3, -0.25) is 9.69 Å². The number of hydrogen-bond donors (Lipinski definition) is 1.